The van der Waals surface area contributed by atoms with Gasteiger partial charge in [0.25, 0.3) is 5.91 Å². The predicted molar refractivity (Wildman–Crippen MR) is 94.9 cm³/mol. The smallest absolute Gasteiger partial charge is 0.310 e. The molecule has 4 nitrogen and oxygen atoms in total. The molecule has 1 aromatic carbocycles. The Morgan fingerprint density at radius 1 is 1.12 bits per heavy atom. The molecule has 1 unspecified atom stereocenters. The Kier molecular flexibility index (Phi) is 6.83. The van der Waals surface area contributed by atoms with E-state index >= 15 is 0 Å². The van der Waals surface area contributed by atoms with E-state index in [1.807, 2.05) is 43.0 Å². The monoisotopic (exact) mass is 331 g/mol. The van der Waals surface area contributed by atoms with E-state index in [-0.39, 0.29) is 23.8 Å². The molecule has 1 aliphatic rings. The number of carbonyl (C=O) groups is 2. The van der Waals surface area contributed by atoms with Crippen molar-refractivity contribution in [2.75, 3.05) is 13.7 Å². The fourth-order valence-electron chi connectivity index (χ4n) is 3.40. The van der Waals surface area contributed by atoms with Crippen molar-refractivity contribution in [2.45, 2.75) is 58.4 Å². The Morgan fingerprint density at radius 2 is 1.71 bits per heavy atom. The molecule has 0 aliphatic heterocycles. The number of hydrogen-bond acceptors (Lipinski definition) is 3. The van der Waals surface area contributed by atoms with Gasteiger partial charge in [0, 0.05) is 18.2 Å². The third-order valence-corrected chi connectivity index (χ3v) is 4.90. The Bertz CT molecular complexity index is 545. The van der Waals surface area contributed by atoms with Crippen LogP contribution in [0, 0.1) is 12.8 Å². The maximum atomic E-state index is 13.1. The molecule has 132 valence electrons. The van der Waals surface area contributed by atoms with Crippen molar-refractivity contribution < 1.29 is 14.3 Å². The topological polar surface area (TPSA) is 46.6 Å². The predicted octanol–water partition coefficient (Wildman–Crippen LogP) is 3.97. The minimum absolute atomic E-state index is 0.0256. The van der Waals surface area contributed by atoms with Crippen LogP contribution in [-0.2, 0) is 9.53 Å². The zero-order valence-corrected chi connectivity index (χ0v) is 15.1. The lowest BCUT2D eigenvalue weighted by Gasteiger charge is -2.33. The van der Waals surface area contributed by atoms with Gasteiger partial charge in [-0.1, -0.05) is 50.3 Å². The molecule has 2 rings (SSSR count). The van der Waals surface area contributed by atoms with Crippen LogP contribution in [0.15, 0.2) is 24.3 Å². The lowest BCUT2D eigenvalue weighted by molar-refractivity contribution is -0.145. The summed E-state index contributed by atoms with van der Waals surface area (Å²) in [6, 6.07) is 7.90. The number of methoxy groups -OCH3 is 1. The molecule has 0 saturated heterocycles. The van der Waals surface area contributed by atoms with Gasteiger partial charge in [-0.25, -0.2) is 0 Å². The van der Waals surface area contributed by atoms with Crippen LogP contribution in [0.2, 0.25) is 0 Å². The summed E-state index contributed by atoms with van der Waals surface area (Å²) >= 11 is 0. The zero-order valence-electron chi connectivity index (χ0n) is 15.1. The van der Waals surface area contributed by atoms with Crippen molar-refractivity contribution in [3.63, 3.8) is 0 Å². The van der Waals surface area contributed by atoms with Crippen LogP contribution in [0.3, 0.4) is 0 Å². The maximum absolute atomic E-state index is 13.1. The normalized spacial score (nSPS) is 17.0. The molecule has 1 amide bonds. The third kappa shape index (κ3) is 4.83. The van der Waals surface area contributed by atoms with E-state index in [1.54, 1.807) is 0 Å². The van der Waals surface area contributed by atoms with Crippen molar-refractivity contribution in [3.8, 4) is 0 Å². The van der Waals surface area contributed by atoms with Gasteiger partial charge in [0.15, 0.2) is 0 Å². The molecular formula is C20H29NO3. The van der Waals surface area contributed by atoms with Crippen LogP contribution in [0.4, 0.5) is 0 Å². The van der Waals surface area contributed by atoms with Gasteiger partial charge in [0.2, 0.25) is 0 Å². The van der Waals surface area contributed by atoms with Gasteiger partial charge < -0.3 is 9.64 Å². The first-order chi connectivity index (χ1) is 11.5. The van der Waals surface area contributed by atoms with E-state index in [9.17, 15) is 9.59 Å². The number of esters is 1. The largest absolute Gasteiger partial charge is 0.469 e. The quantitative estimate of drug-likeness (QED) is 0.606. The fourth-order valence-corrected chi connectivity index (χ4v) is 3.40. The van der Waals surface area contributed by atoms with Crippen LogP contribution in [0.5, 0.6) is 0 Å². The number of hydrogen-bond donors (Lipinski definition) is 0. The number of rotatable bonds is 5. The van der Waals surface area contributed by atoms with Crippen LogP contribution in [0.1, 0.15) is 61.4 Å². The summed E-state index contributed by atoms with van der Waals surface area (Å²) in [5.41, 5.74) is 1.83. The van der Waals surface area contributed by atoms with E-state index in [2.05, 4.69) is 0 Å². The summed E-state index contributed by atoms with van der Waals surface area (Å²) in [4.78, 5) is 26.8. The molecular weight excluding hydrogens is 302 g/mol. The van der Waals surface area contributed by atoms with Crippen molar-refractivity contribution in [1.29, 1.82) is 0 Å². The summed E-state index contributed by atoms with van der Waals surface area (Å²) in [7, 11) is 1.40. The summed E-state index contributed by atoms with van der Waals surface area (Å²) in [6.45, 7) is 4.26. The van der Waals surface area contributed by atoms with Gasteiger partial charge in [-0.15, -0.1) is 0 Å². The first kappa shape index (κ1) is 18.5. The summed E-state index contributed by atoms with van der Waals surface area (Å²) in [5.74, 6) is -0.546. The lowest BCUT2D eigenvalue weighted by atomic mass is 10.0. The van der Waals surface area contributed by atoms with Crippen molar-refractivity contribution in [3.05, 3.63) is 35.4 Å². The van der Waals surface area contributed by atoms with Crippen molar-refractivity contribution in [1.82, 2.24) is 4.90 Å². The number of carbonyl (C=O) groups excluding carboxylic acids is 2. The summed E-state index contributed by atoms with van der Waals surface area (Å²) < 4.78 is 4.85. The van der Waals surface area contributed by atoms with Crippen LogP contribution < -0.4 is 0 Å². The molecule has 1 aliphatic carbocycles. The van der Waals surface area contributed by atoms with Crippen molar-refractivity contribution in [2.24, 2.45) is 5.92 Å². The van der Waals surface area contributed by atoms with Gasteiger partial charge in [-0.2, -0.15) is 0 Å². The molecule has 0 aromatic heterocycles. The Labute approximate surface area is 145 Å². The van der Waals surface area contributed by atoms with E-state index in [0.29, 0.717) is 12.1 Å². The lowest BCUT2D eigenvalue weighted by Crippen LogP contribution is -2.44. The molecule has 4 heteroatoms. The second-order valence-electron chi connectivity index (χ2n) is 6.89. The number of benzene rings is 1. The Balaban J connectivity index is 2.21. The average Bonchev–Trinajstić information content (AvgIpc) is 2.88. The molecule has 1 fully saturated rings. The number of aryl methyl sites for hydroxylation is 1. The van der Waals surface area contributed by atoms with E-state index in [0.717, 1.165) is 31.2 Å². The molecule has 0 spiro atoms. The zero-order chi connectivity index (χ0) is 17.5. The van der Waals surface area contributed by atoms with Gasteiger partial charge in [0.05, 0.1) is 13.0 Å². The van der Waals surface area contributed by atoms with Gasteiger partial charge in [-0.3, -0.25) is 9.59 Å². The molecule has 0 heterocycles. The summed E-state index contributed by atoms with van der Waals surface area (Å²) in [5, 5.41) is 0. The molecule has 0 N–H and O–H groups in total. The highest BCUT2D eigenvalue weighted by Crippen LogP contribution is 2.24. The Hall–Kier alpha value is -1.84. The minimum Gasteiger partial charge on any atom is -0.469 e. The molecule has 1 atom stereocenters. The van der Waals surface area contributed by atoms with E-state index < -0.39 is 0 Å². The molecule has 1 aromatic rings. The van der Waals surface area contributed by atoms with Gasteiger partial charge in [-0.05, 0) is 31.9 Å². The number of nitrogens with zero attached hydrogens (tertiary/aromatic N) is 1. The van der Waals surface area contributed by atoms with Crippen LogP contribution in [-0.4, -0.2) is 36.5 Å². The highest BCUT2D eigenvalue weighted by atomic mass is 16.5. The fraction of sp³-hybridized carbons (Fsp3) is 0.600. The second-order valence-corrected chi connectivity index (χ2v) is 6.89. The minimum atomic E-state index is -0.312. The maximum Gasteiger partial charge on any atom is 0.310 e. The molecule has 0 radical (unpaired) electrons. The van der Waals surface area contributed by atoms with Crippen molar-refractivity contribution >= 4 is 11.9 Å². The van der Waals surface area contributed by atoms with Crippen LogP contribution >= 0.6 is 0 Å². The summed E-state index contributed by atoms with van der Waals surface area (Å²) in [6.07, 6.45) is 6.80. The highest BCUT2D eigenvalue weighted by molar-refractivity contribution is 5.94. The molecule has 1 saturated carbocycles. The van der Waals surface area contributed by atoms with Gasteiger partial charge >= 0.3 is 5.97 Å². The second kappa shape index (κ2) is 8.86. The standard InChI is InChI=1S/C20H29NO3/c1-15-10-12-17(13-11-15)19(22)21(14-16(2)20(23)24-3)18-8-6-4-5-7-9-18/h10-13,16,18H,4-9,14H2,1-3H3. The molecule has 24 heavy (non-hydrogen) atoms. The first-order valence-corrected chi connectivity index (χ1v) is 8.98. The first-order valence-electron chi connectivity index (χ1n) is 8.98. The third-order valence-electron chi connectivity index (χ3n) is 4.90. The highest BCUT2D eigenvalue weighted by Gasteiger charge is 2.29. The number of amides is 1. The van der Waals surface area contributed by atoms with E-state index in [1.165, 1.54) is 20.0 Å². The molecule has 0 bridgehead atoms. The SMILES string of the molecule is COC(=O)C(C)CN(C(=O)c1ccc(C)cc1)C1CCCCCC1. The number of ether oxygens (including phenoxy) is 1. The average molecular weight is 331 g/mol. The van der Waals surface area contributed by atoms with Crippen LogP contribution in [0.25, 0.3) is 0 Å². The Morgan fingerprint density at radius 3 is 2.25 bits per heavy atom. The van der Waals surface area contributed by atoms with Gasteiger partial charge in [0.1, 0.15) is 0 Å². The van der Waals surface area contributed by atoms with E-state index in [4.69, 9.17) is 4.74 Å².